The Bertz CT molecular complexity index is 585. The van der Waals surface area contributed by atoms with Gasteiger partial charge in [0.25, 0.3) is 0 Å². The molecule has 116 valence electrons. The second-order valence-electron chi connectivity index (χ2n) is 6.36. The summed E-state index contributed by atoms with van der Waals surface area (Å²) in [6, 6.07) is 1.33. The van der Waals surface area contributed by atoms with Crippen LogP contribution in [0, 0.1) is 18.8 Å². The Morgan fingerprint density at radius 3 is 2.43 bits per heavy atom. The van der Waals surface area contributed by atoms with Crippen LogP contribution in [-0.4, -0.2) is 21.5 Å². The van der Waals surface area contributed by atoms with Crippen LogP contribution in [0.1, 0.15) is 26.5 Å². The van der Waals surface area contributed by atoms with Gasteiger partial charge in [-0.05, 0) is 25.1 Å². The lowest BCUT2D eigenvalue weighted by atomic mass is 10.2. The van der Waals surface area contributed by atoms with Crippen molar-refractivity contribution in [2.75, 3.05) is 13.2 Å². The fourth-order valence-corrected chi connectivity index (χ4v) is 2.18. The molecule has 4 nitrogen and oxygen atoms in total. The number of hydrogen-bond donors (Lipinski definition) is 0. The summed E-state index contributed by atoms with van der Waals surface area (Å²) in [6.45, 7) is 13.2. The van der Waals surface area contributed by atoms with Gasteiger partial charge in [0.2, 0.25) is 11.2 Å². The summed E-state index contributed by atoms with van der Waals surface area (Å²) in [4.78, 5) is 11.5. The van der Waals surface area contributed by atoms with E-state index >= 15 is 0 Å². The summed E-state index contributed by atoms with van der Waals surface area (Å²) in [5.74, 6) is 6.46. The van der Waals surface area contributed by atoms with Crippen molar-refractivity contribution in [3.8, 4) is 17.6 Å². The number of rotatable bonds is 4. The molecule has 0 aliphatic rings. The second-order valence-corrected chi connectivity index (χ2v) is 11.2. The van der Waals surface area contributed by atoms with E-state index in [0.29, 0.717) is 12.4 Å². The van der Waals surface area contributed by atoms with Crippen LogP contribution in [0.3, 0.4) is 0 Å². The van der Waals surface area contributed by atoms with Gasteiger partial charge in [-0.1, -0.05) is 32.6 Å². The molecule has 0 spiro atoms. The zero-order chi connectivity index (χ0) is 16.1. The average Bonchev–Trinajstić information content (AvgIpc) is 2.35. The lowest BCUT2D eigenvalue weighted by Crippen LogP contribution is -2.40. The molecule has 5 heteroatoms. The number of hydrogen-bond acceptors (Lipinski definition) is 4. The average molecular weight is 308 g/mol. The monoisotopic (exact) mass is 308 g/mol. The van der Waals surface area contributed by atoms with Crippen molar-refractivity contribution in [2.45, 2.75) is 45.8 Å². The van der Waals surface area contributed by atoms with Crippen LogP contribution in [0.15, 0.2) is 21.5 Å². The van der Waals surface area contributed by atoms with Gasteiger partial charge in [-0.15, -0.1) is 0 Å². The van der Waals surface area contributed by atoms with E-state index in [1.54, 1.807) is 6.92 Å². The number of ether oxygens (including phenoxy) is 1. The minimum absolute atomic E-state index is 0.149. The molecule has 0 aliphatic carbocycles. The van der Waals surface area contributed by atoms with E-state index < -0.39 is 8.32 Å². The van der Waals surface area contributed by atoms with E-state index in [2.05, 4.69) is 45.7 Å². The molecule has 0 aromatic carbocycles. The summed E-state index contributed by atoms with van der Waals surface area (Å²) in [5, 5.41) is 0.172. The summed E-state index contributed by atoms with van der Waals surface area (Å²) >= 11 is 0. The van der Waals surface area contributed by atoms with Gasteiger partial charge < -0.3 is 13.6 Å². The maximum atomic E-state index is 11.5. The first-order chi connectivity index (χ1) is 9.65. The molecule has 0 N–H and O–H groups in total. The van der Waals surface area contributed by atoms with E-state index in [9.17, 15) is 4.79 Å². The van der Waals surface area contributed by atoms with Crippen LogP contribution >= 0.6 is 0 Å². The van der Waals surface area contributed by atoms with Gasteiger partial charge in [0, 0.05) is 6.07 Å². The number of aryl methyl sites for hydroxylation is 1. The van der Waals surface area contributed by atoms with Crippen LogP contribution in [-0.2, 0) is 4.43 Å². The molecule has 0 fully saturated rings. The Kier molecular flexibility index (Phi) is 5.82. The van der Waals surface area contributed by atoms with Gasteiger partial charge in [0.1, 0.15) is 12.4 Å². The van der Waals surface area contributed by atoms with Crippen molar-refractivity contribution < 1.29 is 13.6 Å². The summed E-state index contributed by atoms with van der Waals surface area (Å²) < 4.78 is 16.4. The molecule has 1 rings (SSSR count). The Balaban J connectivity index is 2.47. The molecule has 0 bridgehead atoms. The maximum absolute atomic E-state index is 11.5. The zero-order valence-electron chi connectivity index (χ0n) is 13.7. The highest BCUT2D eigenvalue weighted by Gasteiger charge is 2.36. The van der Waals surface area contributed by atoms with Crippen molar-refractivity contribution in [2.24, 2.45) is 0 Å². The predicted molar refractivity (Wildman–Crippen MR) is 86.1 cm³/mol. The molecule has 0 saturated heterocycles. The molecule has 21 heavy (non-hydrogen) atoms. The highest BCUT2D eigenvalue weighted by molar-refractivity contribution is 6.74. The third kappa shape index (κ3) is 5.07. The molecule has 0 amide bonds. The van der Waals surface area contributed by atoms with Crippen molar-refractivity contribution in [3.63, 3.8) is 0 Å². The minimum Gasteiger partial charge on any atom is -0.473 e. The summed E-state index contributed by atoms with van der Waals surface area (Å²) in [7, 11) is -1.76. The smallest absolute Gasteiger partial charge is 0.227 e. The Labute approximate surface area is 127 Å². The van der Waals surface area contributed by atoms with E-state index in [0.717, 1.165) is 0 Å². The zero-order valence-corrected chi connectivity index (χ0v) is 14.7. The molecular formula is C16H24O4Si. The van der Waals surface area contributed by atoms with Crippen molar-refractivity contribution in [1.29, 1.82) is 0 Å². The molecule has 1 heterocycles. The first-order valence-electron chi connectivity index (χ1n) is 6.96. The Morgan fingerprint density at radius 1 is 1.24 bits per heavy atom. The second kappa shape index (κ2) is 6.97. The van der Waals surface area contributed by atoms with Crippen LogP contribution in [0.4, 0.5) is 0 Å². The van der Waals surface area contributed by atoms with E-state index in [1.165, 1.54) is 12.3 Å². The van der Waals surface area contributed by atoms with Gasteiger partial charge >= 0.3 is 0 Å². The minimum atomic E-state index is -1.76. The van der Waals surface area contributed by atoms with Crippen molar-refractivity contribution >= 4 is 8.32 Å². The molecule has 0 unspecified atom stereocenters. The third-order valence-electron chi connectivity index (χ3n) is 3.73. The SMILES string of the molecule is Cc1occc(=O)c1OCC#CCO[Si](C)(C)C(C)(C)C. The van der Waals surface area contributed by atoms with Crippen LogP contribution in [0.2, 0.25) is 18.1 Å². The molecule has 0 radical (unpaired) electrons. The molecule has 1 aromatic heterocycles. The van der Waals surface area contributed by atoms with E-state index in [4.69, 9.17) is 13.6 Å². The van der Waals surface area contributed by atoms with E-state index in [1.807, 2.05) is 0 Å². The molecule has 0 aliphatic heterocycles. The van der Waals surface area contributed by atoms with E-state index in [-0.39, 0.29) is 22.8 Å². The molecule has 0 saturated carbocycles. The maximum Gasteiger partial charge on any atom is 0.227 e. The Morgan fingerprint density at radius 2 is 1.86 bits per heavy atom. The highest BCUT2D eigenvalue weighted by atomic mass is 28.4. The van der Waals surface area contributed by atoms with Crippen molar-refractivity contribution in [1.82, 2.24) is 0 Å². The molecular weight excluding hydrogens is 284 g/mol. The highest BCUT2D eigenvalue weighted by Crippen LogP contribution is 2.36. The van der Waals surface area contributed by atoms with Gasteiger partial charge in [0.15, 0.2) is 8.32 Å². The fourth-order valence-electron chi connectivity index (χ4n) is 1.32. The van der Waals surface area contributed by atoms with Crippen molar-refractivity contribution in [3.05, 3.63) is 28.3 Å². The molecule has 0 atom stereocenters. The van der Waals surface area contributed by atoms with Gasteiger partial charge in [0.05, 0.1) is 12.9 Å². The topological polar surface area (TPSA) is 48.7 Å². The fraction of sp³-hybridized carbons (Fsp3) is 0.562. The summed E-state index contributed by atoms with van der Waals surface area (Å²) in [6.07, 6.45) is 1.35. The first-order valence-corrected chi connectivity index (χ1v) is 9.87. The largest absolute Gasteiger partial charge is 0.473 e. The predicted octanol–water partition coefficient (Wildman–Crippen LogP) is 3.35. The quantitative estimate of drug-likeness (QED) is 0.632. The normalized spacial score (nSPS) is 11.7. The van der Waals surface area contributed by atoms with Gasteiger partial charge in [-0.25, -0.2) is 0 Å². The lowest BCUT2D eigenvalue weighted by molar-refractivity contribution is 0.330. The third-order valence-corrected chi connectivity index (χ3v) is 8.21. The van der Waals surface area contributed by atoms with Crippen LogP contribution < -0.4 is 10.2 Å². The van der Waals surface area contributed by atoms with Gasteiger partial charge in [-0.3, -0.25) is 4.79 Å². The van der Waals surface area contributed by atoms with Gasteiger partial charge in [-0.2, -0.15) is 0 Å². The van der Waals surface area contributed by atoms with Crippen LogP contribution in [0.25, 0.3) is 0 Å². The first kappa shape index (κ1) is 17.5. The summed E-state index contributed by atoms with van der Waals surface area (Å²) in [5.41, 5.74) is -0.196. The Hall–Kier alpha value is -1.51. The van der Waals surface area contributed by atoms with Crippen LogP contribution in [0.5, 0.6) is 5.75 Å². The lowest BCUT2D eigenvalue weighted by Gasteiger charge is -2.35. The molecule has 1 aromatic rings. The standard InChI is InChI=1S/C16H24O4Si/c1-13-15(14(17)9-12-18-13)19-10-7-8-11-20-21(5,6)16(2,3)4/h9,12H,10-11H2,1-6H3.